The summed E-state index contributed by atoms with van der Waals surface area (Å²) in [5, 5.41) is 11.8. The molecular weight excluding hydrogens is 270 g/mol. The van der Waals surface area contributed by atoms with Gasteiger partial charge in [0.1, 0.15) is 5.75 Å². The molecule has 0 radical (unpaired) electrons. The van der Waals surface area contributed by atoms with E-state index >= 15 is 0 Å². The second-order valence-electron chi connectivity index (χ2n) is 6.15. The molecule has 0 unspecified atom stereocenters. The first kappa shape index (κ1) is 15.4. The number of carbonyl (C=O) groups excluding carboxylic acids is 1. The largest absolute Gasteiger partial charge is 0.496 e. The zero-order chi connectivity index (χ0) is 15.6. The fourth-order valence-corrected chi connectivity index (χ4v) is 2.55. The van der Waals surface area contributed by atoms with Crippen LogP contribution in [0.15, 0.2) is 24.3 Å². The van der Waals surface area contributed by atoms with Gasteiger partial charge in [0.15, 0.2) is 0 Å². The minimum atomic E-state index is -0.891. The number of benzene rings is 1. The average molecular weight is 291 g/mol. The van der Waals surface area contributed by atoms with E-state index < -0.39 is 17.4 Å². The van der Waals surface area contributed by atoms with Gasteiger partial charge in [-0.3, -0.25) is 9.59 Å². The maximum Gasteiger partial charge on any atom is 0.307 e. The van der Waals surface area contributed by atoms with E-state index in [9.17, 15) is 9.59 Å². The molecule has 1 aliphatic rings. The van der Waals surface area contributed by atoms with Gasteiger partial charge >= 0.3 is 5.97 Å². The molecule has 1 aromatic carbocycles. The summed E-state index contributed by atoms with van der Waals surface area (Å²) in [4.78, 5) is 22.9. The summed E-state index contributed by atoms with van der Waals surface area (Å²) >= 11 is 0. The molecule has 21 heavy (non-hydrogen) atoms. The molecule has 114 valence electrons. The third-order valence-electron chi connectivity index (χ3n) is 3.73. The third-order valence-corrected chi connectivity index (χ3v) is 3.73. The minimum Gasteiger partial charge on any atom is -0.496 e. The van der Waals surface area contributed by atoms with Gasteiger partial charge in [-0.25, -0.2) is 0 Å². The van der Waals surface area contributed by atoms with Gasteiger partial charge in [0.05, 0.1) is 18.9 Å². The number of ether oxygens (including phenoxy) is 1. The highest BCUT2D eigenvalue weighted by Crippen LogP contribution is 2.39. The topological polar surface area (TPSA) is 75.6 Å². The summed E-state index contributed by atoms with van der Waals surface area (Å²) in [7, 11) is 1.62. The van der Waals surface area contributed by atoms with Crippen LogP contribution in [0.1, 0.15) is 25.8 Å². The Morgan fingerprint density at radius 3 is 2.57 bits per heavy atom. The van der Waals surface area contributed by atoms with Crippen LogP contribution in [0, 0.1) is 11.8 Å². The molecule has 1 aliphatic carbocycles. The number of nitrogens with one attached hydrogen (secondary N) is 1. The molecule has 0 bridgehead atoms. The first-order chi connectivity index (χ1) is 9.84. The van der Waals surface area contributed by atoms with Crippen molar-refractivity contribution in [1.29, 1.82) is 0 Å². The second kappa shape index (κ2) is 5.76. The number of carboxylic acids is 1. The Balaban J connectivity index is 1.99. The number of hydrogen-bond acceptors (Lipinski definition) is 3. The minimum absolute atomic E-state index is 0.178. The van der Waals surface area contributed by atoms with Crippen molar-refractivity contribution >= 4 is 11.9 Å². The van der Waals surface area contributed by atoms with Crippen LogP contribution in [-0.2, 0) is 16.0 Å². The molecule has 0 heterocycles. The lowest BCUT2D eigenvalue weighted by Crippen LogP contribution is -2.46. The Labute approximate surface area is 124 Å². The monoisotopic (exact) mass is 291 g/mol. The summed E-state index contributed by atoms with van der Waals surface area (Å²) < 4.78 is 5.31. The van der Waals surface area contributed by atoms with Crippen molar-refractivity contribution in [3.8, 4) is 5.75 Å². The summed E-state index contributed by atoms with van der Waals surface area (Å²) in [5.74, 6) is -1.19. The van der Waals surface area contributed by atoms with Gasteiger partial charge in [0, 0.05) is 5.54 Å². The number of aliphatic carboxylic acids is 1. The Kier molecular flexibility index (Phi) is 4.21. The third kappa shape index (κ3) is 3.74. The average Bonchev–Trinajstić information content (AvgIpc) is 3.18. The summed E-state index contributed by atoms with van der Waals surface area (Å²) in [6, 6.07) is 7.67. The molecule has 5 heteroatoms. The lowest BCUT2D eigenvalue weighted by Gasteiger charge is -2.27. The van der Waals surface area contributed by atoms with Gasteiger partial charge in [-0.2, -0.15) is 0 Å². The molecule has 0 aliphatic heterocycles. The van der Waals surface area contributed by atoms with Crippen LogP contribution < -0.4 is 10.1 Å². The van der Waals surface area contributed by atoms with Crippen LogP contribution in [0.2, 0.25) is 0 Å². The standard InChI is InChI=1S/C16H21NO4/c1-16(2,9-10-6-4-5-7-13(10)21-3)17-14(18)11-8-12(11)15(19)20/h4-7,11-12H,8-9H2,1-3H3,(H,17,18)(H,19,20)/t11-,12-/m1/s1. The van der Waals surface area contributed by atoms with E-state index in [0.29, 0.717) is 12.8 Å². The van der Waals surface area contributed by atoms with E-state index in [1.165, 1.54) is 0 Å². The van der Waals surface area contributed by atoms with Crippen molar-refractivity contribution in [3.63, 3.8) is 0 Å². The maximum atomic E-state index is 12.1. The molecule has 2 atom stereocenters. The van der Waals surface area contributed by atoms with E-state index in [0.717, 1.165) is 11.3 Å². The molecule has 2 rings (SSSR count). The molecule has 0 spiro atoms. The highest BCUT2D eigenvalue weighted by molar-refractivity contribution is 5.89. The Hall–Kier alpha value is -2.04. The zero-order valence-electron chi connectivity index (χ0n) is 12.6. The van der Waals surface area contributed by atoms with Crippen molar-refractivity contribution in [1.82, 2.24) is 5.32 Å². The lowest BCUT2D eigenvalue weighted by molar-refractivity contribution is -0.140. The quantitative estimate of drug-likeness (QED) is 0.838. The van der Waals surface area contributed by atoms with Gasteiger partial charge in [-0.05, 0) is 38.3 Å². The van der Waals surface area contributed by atoms with Crippen LogP contribution in [-0.4, -0.2) is 29.6 Å². The highest BCUT2D eigenvalue weighted by atomic mass is 16.5. The molecule has 1 aromatic rings. The lowest BCUT2D eigenvalue weighted by atomic mass is 9.94. The van der Waals surface area contributed by atoms with Gasteiger partial charge in [-0.1, -0.05) is 18.2 Å². The van der Waals surface area contributed by atoms with Gasteiger partial charge in [-0.15, -0.1) is 0 Å². The van der Waals surface area contributed by atoms with Gasteiger partial charge in [0.2, 0.25) is 5.91 Å². The SMILES string of the molecule is COc1ccccc1CC(C)(C)NC(=O)[C@@H]1C[C@H]1C(=O)O. The molecule has 1 fully saturated rings. The summed E-state index contributed by atoms with van der Waals surface area (Å²) in [6.07, 6.45) is 1.05. The fourth-order valence-electron chi connectivity index (χ4n) is 2.55. The Bertz CT molecular complexity index is 553. The molecular formula is C16H21NO4. The van der Waals surface area contributed by atoms with Crippen LogP contribution in [0.3, 0.4) is 0 Å². The van der Waals surface area contributed by atoms with E-state index in [1.807, 2.05) is 38.1 Å². The first-order valence-electron chi connectivity index (χ1n) is 7.01. The number of amides is 1. The first-order valence-corrected chi connectivity index (χ1v) is 7.01. The zero-order valence-corrected chi connectivity index (χ0v) is 12.6. The Morgan fingerprint density at radius 1 is 1.33 bits per heavy atom. The van der Waals surface area contributed by atoms with Gasteiger partial charge < -0.3 is 15.2 Å². The fraction of sp³-hybridized carbons (Fsp3) is 0.500. The van der Waals surface area contributed by atoms with E-state index in [4.69, 9.17) is 9.84 Å². The number of hydrogen-bond donors (Lipinski definition) is 2. The van der Waals surface area contributed by atoms with Crippen LogP contribution in [0.4, 0.5) is 0 Å². The second-order valence-corrected chi connectivity index (χ2v) is 6.15. The predicted octanol–water partition coefficient (Wildman–Crippen LogP) is 1.85. The van der Waals surface area contributed by atoms with Crippen molar-refractivity contribution in [2.75, 3.05) is 7.11 Å². The summed E-state index contributed by atoms with van der Waals surface area (Å²) in [5.41, 5.74) is 0.549. The predicted molar refractivity (Wildman–Crippen MR) is 78.2 cm³/mol. The molecule has 1 saturated carbocycles. The van der Waals surface area contributed by atoms with Crippen LogP contribution >= 0.6 is 0 Å². The van der Waals surface area contributed by atoms with E-state index in [2.05, 4.69) is 5.32 Å². The van der Waals surface area contributed by atoms with Crippen LogP contribution in [0.25, 0.3) is 0 Å². The number of carbonyl (C=O) groups is 2. The van der Waals surface area contributed by atoms with Crippen molar-refractivity contribution in [2.45, 2.75) is 32.2 Å². The van der Waals surface area contributed by atoms with Crippen molar-refractivity contribution in [2.24, 2.45) is 11.8 Å². The van der Waals surface area contributed by atoms with E-state index in [1.54, 1.807) is 7.11 Å². The molecule has 2 N–H and O–H groups in total. The summed E-state index contributed by atoms with van der Waals surface area (Å²) in [6.45, 7) is 3.85. The molecule has 0 saturated heterocycles. The number of methoxy groups -OCH3 is 1. The smallest absolute Gasteiger partial charge is 0.307 e. The van der Waals surface area contributed by atoms with Gasteiger partial charge in [0.25, 0.3) is 0 Å². The van der Waals surface area contributed by atoms with Crippen molar-refractivity contribution in [3.05, 3.63) is 29.8 Å². The normalized spacial score (nSPS) is 20.7. The molecule has 5 nitrogen and oxygen atoms in total. The highest BCUT2D eigenvalue weighted by Gasteiger charge is 2.49. The number of carboxylic acid groups (broad SMARTS) is 1. The molecule has 0 aromatic heterocycles. The molecule has 1 amide bonds. The van der Waals surface area contributed by atoms with Crippen molar-refractivity contribution < 1.29 is 19.4 Å². The van der Waals surface area contributed by atoms with Crippen LogP contribution in [0.5, 0.6) is 5.75 Å². The number of para-hydroxylation sites is 1. The Morgan fingerprint density at radius 2 is 2.00 bits per heavy atom. The van der Waals surface area contributed by atoms with E-state index in [-0.39, 0.29) is 11.8 Å². The maximum absolute atomic E-state index is 12.1. The number of rotatable bonds is 6.